The second-order valence-electron chi connectivity index (χ2n) is 7.00. The second-order valence-corrected chi connectivity index (χ2v) is 7.00. The van der Waals surface area contributed by atoms with Gasteiger partial charge in [0, 0.05) is 6.61 Å². The lowest BCUT2D eigenvalue weighted by Gasteiger charge is -2.17. The summed E-state index contributed by atoms with van der Waals surface area (Å²) < 4.78 is 15.9. The van der Waals surface area contributed by atoms with Crippen molar-refractivity contribution < 1.29 is 28.4 Å². The molecule has 3 heterocycles. The monoisotopic (exact) mass is 384 g/mol. The zero-order valence-electron chi connectivity index (χ0n) is 15.7. The summed E-state index contributed by atoms with van der Waals surface area (Å²) in [6.45, 7) is 4.41. The van der Waals surface area contributed by atoms with E-state index in [0.717, 1.165) is 12.8 Å². The molecule has 0 spiro atoms. The molecule has 2 amide bonds. The van der Waals surface area contributed by atoms with Crippen LogP contribution in [-0.2, 0) is 16.1 Å². The normalized spacial score (nSPS) is 18.6. The van der Waals surface area contributed by atoms with E-state index >= 15 is 0 Å². The number of fused-ring (bicyclic) bond motifs is 1. The molecule has 0 aliphatic carbocycles. The highest BCUT2D eigenvalue weighted by atomic mass is 16.5. The van der Waals surface area contributed by atoms with Crippen molar-refractivity contribution in [2.75, 3.05) is 13.2 Å². The van der Waals surface area contributed by atoms with Gasteiger partial charge in [0.05, 0.1) is 40.6 Å². The molecule has 1 fully saturated rings. The first-order valence-electron chi connectivity index (χ1n) is 9.16. The van der Waals surface area contributed by atoms with Gasteiger partial charge in [-0.1, -0.05) is 5.16 Å². The Kier molecular flexibility index (Phi) is 4.72. The Morgan fingerprint density at radius 3 is 2.71 bits per heavy atom. The van der Waals surface area contributed by atoms with Crippen molar-refractivity contribution in [2.45, 2.75) is 39.4 Å². The third-order valence-corrected chi connectivity index (χ3v) is 5.15. The van der Waals surface area contributed by atoms with E-state index in [-0.39, 0.29) is 36.3 Å². The van der Waals surface area contributed by atoms with Gasteiger partial charge in [-0.25, -0.2) is 4.79 Å². The van der Waals surface area contributed by atoms with Gasteiger partial charge in [-0.05, 0) is 44.9 Å². The molecule has 28 heavy (non-hydrogen) atoms. The highest BCUT2D eigenvalue weighted by molar-refractivity contribution is 6.22. The number of hydrogen-bond donors (Lipinski definition) is 0. The van der Waals surface area contributed by atoms with Crippen molar-refractivity contribution in [1.82, 2.24) is 10.1 Å². The summed E-state index contributed by atoms with van der Waals surface area (Å²) in [4.78, 5) is 38.8. The first-order chi connectivity index (χ1) is 13.5. The molecule has 2 aliphatic heterocycles. The molecule has 146 valence electrons. The minimum absolute atomic E-state index is 0.0229. The standard InChI is InChI=1S/C20H20N2O6/c1-11-17(12(2)28-21-11)10-27-20(25)13-5-6-15-16(8-13)19(24)22(18(15)23)9-14-4-3-7-26-14/h5-6,8,14H,3-4,7,9-10H2,1-2H3. The Bertz CT molecular complexity index is 938. The lowest BCUT2D eigenvalue weighted by atomic mass is 10.1. The lowest BCUT2D eigenvalue weighted by Crippen LogP contribution is -2.36. The minimum Gasteiger partial charge on any atom is -0.457 e. The van der Waals surface area contributed by atoms with Crippen LogP contribution < -0.4 is 0 Å². The van der Waals surface area contributed by atoms with E-state index in [1.54, 1.807) is 13.8 Å². The van der Waals surface area contributed by atoms with Crippen LogP contribution in [-0.4, -0.2) is 47.1 Å². The summed E-state index contributed by atoms with van der Waals surface area (Å²) in [5, 5.41) is 3.82. The number of hydrogen-bond acceptors (Lipinski definition) is 7. The van der Waals surface area contributed by atoms with Crippen LogP contribution >= 0.6 is 0 Å². The number of aromatic nitrogens is 1. The number of esters is 1. The molecule has 0 bridgehead atoms. The van der Waals surface area contributed by atoms with Crippen molar-refractivity contribution in [2.24, 2.45) is 0 Å². The van der Waals surface area contributed by atoms with Gasteiger partial charge < -0.3 is 14.0 Å². The fourth-order valence-corrected chi connectivity index (χ4v) is 3.50. The van der Waals surface area contributed by atoms with Crippen molar-refractivity contribution in [3.8, 4) is 0 Å². The van der Waals surface area contributed by atoms with E-state index in [4.69, 9.17) is 14.0 Å². The molecule has 4 rings (SSSR count). The molecule has 1 aromatic carbocycles. The van der Waals surface area contributed by atoms with Crippen molar-refractivity contribution in [1.29, 1.82) is 0 Å². The van der Waals surface area contributed by atoms with Crippen molar-refractivity contribution in [3.05, 3.63) is 51.9 Å². The molecule has 8 heteroatoms. The smallest absolute Gasteiger partial charge is 0.338 e. The van der Waals surface area contributed by atoms with Crippen LogP contribution in [0.2, 0.25) is 0 Å². The molecule has 0 radical (unpaired) electrons. The van der Waals surface area contributed by atoms with Gasteiger partial charge in [-0.15, -0.1) is 0 Å². The van der Waals surface area contributed by atoms with Crippen LogP contribution in [0, 0.1) is 13.8 Å². The summed E-state index contributed by atoms with van der Waals surface area (Å²) in [6.07, 6.45) is 1.63. The Labute approximate surface area is 161 Å². The molecule has 8 nitrogen and oxygen atoms in total. The molecule has 0 N–H and O–H groups in total. The van der Waals surface area contributed by atoms with Gasteiger partial charge in [0.2, 0.25) is 0 Å². The Balaban J connectivity index is 1.48. The molecule has 1 aromatic heterocycles. The zero-order chi connectivity index (χ0) is 19.8. The predicted molar refractivity (Wildman–Crippen MR) is 95.9 cm³/mol. The number of carbonyl (C=O) groups excluding carboxylic acids is 3. The van der Waals surface area contributed by atoms with Crippen LogP contribution in [0.15, 0.2) is 22.7 Å². The Morgan fingerprint density at radius 2 is 2.04 bits per heavy atom. The first-order valence-corrected chi connectivity index (χ1v) is 9.16. The van der Waals surface area contributed by atoms with Gasteiger partial charge in [-0.2, -0.15) is 0 Å². The maximum atomic E-state index is 12.7. The van der Waals surface area contributed by atoms with E-state index in [1.807, 2.05) is 0 Å². The van der Waals surface area contributed by atoms with Crippen LogP contribution in [0.3, 0.4) is 0 Å². The van der Waals surface area contributed by atoms with E-state index in [9.17, 15) is 14.4 Å². The number of ether oxygens (including phenoxy) is 2. The summed E-state index contributed by atoms with van der Waals surface area (Å²) >= 11 is 0. The van der Waals surface area contributed by atoms with Gasteiger partial charge in [0.1, 0.15) is 12.4 Å². The highest BCUT2D eigenvalue weighted by Gasteiger charge is 2.38. The maximum absolute atomic E-state index is 12.7. The molecule has 1 unspecified atom stereocenters. The topological polar surface area (TPSA) is 98.9 Å². The maximum Gasteiger partial charge on any atom is 0.338 e. The minimum atomic E-state index is -0.583. The molecule has 2 aliphatic rings. The number of imide groups is 1. The quantitative estimate of drug-likeness (QED) is 0.577. The zero-order valence-corrected chi connectivity index (χ0v) is 15.7. The average Bonchev–Trinajstić information content (AvgIpc) is 3.37. The van der Waals surface area contributed by atoms with E-state index in [0.29, 0.717) is 29.2 Å². The number of amides is 2. The van der Waals surface area contributed by atoms with E-state index < -0.39 is 11.9 Å². The van der Waals surface area contributed by atoms with Gasteiger partial charge in [0.15, 0.2) is 0 Å². The van der Waals surface area contributed by atoms with Crippen molar-refractivity contribution in [3.63, 3.8) is 0 Å². The Hall–Kier alpha value is -3.00. The Morgan fingerprint density at radius 1 is 1.25 bits per heavy atom. The summed E-state index contributed by atoms with van der Waals surface area (Å²) in [5.41, 5.74) is 2.10. The summed E-state index contributed by atoms with van der Waals surface area (Å²) in [6, 6.07) is 4.41. The fourth-order valence-electron chi connectivity index (χ4n) is 3.50. The summed E-state index contributed by atoms with van der Waals surface area (Å²) in [5.74, 6) is -0.757. The van der Waals surface area contributed by atoms with Gasteiger partial charge in [0.25, 0.3) is 11.8 Å². The number of aryl methyl sites for hydroxylation is 2. The van der Waals surface area contributed by atoms with Gasteiger partial charge in [-0.3, -0.25) is 14.5 Å². The van der Waals surface area contributed by atoms with Crippen LogP contribution in [0.1, 0.15) is 60.9 Å². The number of nitrogens with zero attached hydrogens (tertiary/aromatic N) is 2. The first kappa shape index (κ1) is 18.4. The van der Waals surface area contributed by atoms with Crippen LogP contribution in [0.4, 0.5) is 0 Å². The molecular formula is C20H20N2O6. The van der Waals surface area contributed by atoms with E-state index in [1.165, 1.54) is 23.1 Å². The van der Waals surface area contributed by atoms with Gasteiger partial charge >= 0.3 is 5.97 Å². The van der Waals surface area contributed by atoms with Crippen LogP contribution in [0.5, 0.6) is 0 Å². The third kappa shape index (κ3) is 3.20. The SMILES string of the molecule is Cc1noc(C)c1COC(=O)c1ccc2c(c1)C(=O)N(CC1CCCO1)C2=O. The van der Waals surface area contributed by atoms with Crippen LogP contribution in [0.25, 0.3) is 0 Å². The molecule has 1 atom stereocenters. The number of carbonyl (C=O) groups is 3. The van der Waals surface area contributed by atoms with Crippen molar-refractivity contribution >= 4 is 17.8 Å². The largest absolute Gasteiger partial charge is 0.457 e. The number of benzene rings is 1. The highest BCUT2D eigenvalue weighted by Crippen LogP contribution is 2.26. The molecular weight excluding hydrogens is 364 g/mol. The fraction of sp³-hybridized carbons (Fsp3) is 0.400. The number of rotatable bonds is 5. The molecule has 2 aromatic rings. The molecule has 1 saturated heterocycles. The summed E-state index contributed by atoms with van der Waals surface area (Å²) in [7, 11) is 0. The third-order valence-electron chi connectivity index (χ3n) is 5.15. The lowest BCUT2D eigenvalue weighted by molar-refractivity contribution is 0.0467. The van der Waals surface area contributed by atoms with E-state index in [2.05, 4.69) is 5.16 Å². The predicted octanol–water partition coefficient (Wildman–Crippen LogP) is 2.42. The average molecular weight is 384 g/mol. The molecule has 0 saturated carbocycles. The second kappa shape index (κ2) is 7.20.